The second-order valence-corrected chi connectivity index (χ2v) is 7.22. The molecule has 0 saturated heterocycles. The molecule has 2 heteroatoms. The van der Waals surface area contributed by atoms with Crippen molar-refractivity contribution in [1.29, 1.82) is 0 Å². The van der Waals surface area contributed by atoms with Crippen LogP contribution in [0.5, 0.6) is 0 Å². The third-order valence-electron chi connectivity index (χ3n) is 4.52. The van der Waals surface area contributed by atoms with Gasteiger partial charge in [-0.05, 0) is 65.8 Å². The van der Waals surface area contributed by atoms with Crippen molar-refractivity contribution in [2.75, 3.05) is 0 Å². The fourth-order valence-corrected chi connectivity index (χ4v) is 4.38. The van der Waals surface area contributed by atoms with E-state index in [-0.39, 0.29) is 0 Å². The monoisotopic (exact) mass is 265 g/mol. The van der Waals surface area contributed by atoms with Crippen molar-refractivity contribution >= 4 is 11.3 Å². The predicted molar refractivity (Wildman–Crippen MR) is 81.0 cm³/mol. The van der Waals surface area contributed by atoms with Crippen molar-refractivity contribution in [3.8, 4) is 0 Å². The van der Waals surface area contributed by atoms with Crippen LogP contribution in [0.1, 0.15) is 57.9 Å². The van der Waals surface area contributed by atoms with E-state index in [1.165, 1.54) is 37.7 Å². The van der Waals surface area contributed by atoms with Gasteiger partial charge in [-0.3, -0.25) is 0 Å². The lowest BCUT2D eigenvalue weighted by Crippen LogP contribution is -2.41. The molecule has 18 heavy (non-hydrogen) atoms. The first-order valence-corrected chi connectivity index (χ1v) is 8.33. The van der Waals surface area contributed by atoms with Crippen LogP contribution in [0.25, 0.3) is 0 Å². The number of hydrogen-bond acceptors (Lipinski definition) is 2. The Hall–Kier alpha value is -0.340. The van der Waals surface area contributed by atoms with Gasteiger partial charge in [0.1, 0.15) is 0 Å². The van der Waals surface area contributed by atoms with Crippen LogP contribution >= 0.6 is 11.3 Å². The summed E-state index contributed by atoms with van der Waals surface area (Å²) in [5.74, 6) is 0.773. The number of rotatable bonds is 6. The maximum atomic E-state index is 6.58. The van der Waals surface area contributed by atoms with Crippen molar-refractivity contribution in [3.05, 3.63) is 22.4 Å². The summed E-state index contributed by atoms with van der Waals surface area (Å²) in [5.41, 5.74) is 8.50. The zero-order valence-corrected chi connectivity index (χ0v) is 12.6. The smallest absolute Gasteiger partial charge is 0.00988 e. The van der Waals surface area contributed by atoms with Crippen molar-refractivity contribution in [1.82, 2.24) is 0 Å². The third-order valence-corrected chi connectivity index (χ3v) is 5.26. The maximum absolute atomic E-state index is 6.58. The van der Waals surface area contributed by atoms with Crippen LogP contribution < -0.4 is 5.73 Å². The second kappa shape index (κ2) is 6.21. The molecule has 1 aliphatic rings. The van der Waals surface area contributed by atoms with E-state index in [1.54, 1.807) is 11.3 Å². The summed E-state index contributed by atoms with van der Waals surface area (Å²) in [4.78, 5) is 0. The fourth-order valence-electron chi connectivity index (χ4n) is 3.68. The summed E-state index contributed by atoms with van der Waals surface area (Å²) in [6, 6.07) is 2.63. The van der Waals surface area contributed by atoms with Gasteiger partial charge in [0.2, 0.25) is 0 Å². The molecule has 1 atom stereocenters. The summed E-state index contributed by atoms with van der Waals surface area (Å²) >= 11 is 1.79. The molecule has 0 aromatic carbocycles. The highest BCUT2D eigenvalue weighted by Gasteiger charge is 2.39. The van der Waals surface area contributed by atoms with E-state index in [0.717, 1.165) is 18.8 Å². The lowest BCUT2D eigenvalue weighted by atomic mass is 9.71. The number of thiophene rings is 1. The first kappa shape index (κ1) is 14.1. The Labute approximate surface area is 116 Å². The zero-order valence-electron chi connectivity index (χ0n) is 11.8. The highest BCUT2D eigenvalue weighted by Crippen LogP contribution is 2.46. The van der Waals surface area contributed by atoms with Crippen LogP contribution in [-0.4, -0.2) is 6.04 Å². The van der Waals surface area contributed by atoms with Gasteiger partial charge in [-0.25, -0.2) is 0 Å². The Balaban J connectivity index is 1.93. The van der Waals surface area contributed by atoms with Crippen LogP contribution in [0.15, 0.2) is 16.8 Å². The van der Waals surface area contributed by atoms with Crippen LogP contribution in [0.2, 0.25) is 0 Å². The highest BCUT2D eigenvalue weighted by atomic mass is 32.1. The minimum absolute atomic E-state index is 0.391. The van der Waals surface area contributed by atoms with Gasteiger partial charge in [0, 0.05) is 6.04 Å². The summed E-state index contributed by atoms with van der Waals surface area (Å²) in [5, 5.41) is 4.43. The lowest BCUT2D eigenvalue weighted by Gasteiger charge is -2.37. The van der Waals surface area contributed by atoms with Gasteiger partial charge < -0.3 is 5.73 Å². The molecule has 1 heterocycles. The second-order valence-electron chi connectivity index (χ2n) is 6.44. The predicted octanol–water partition coefficient (Wildman–Crippen LogP) is 4.61. The molecule has 1 aromatic rings. The Bertz CT molecular complexity index is 336. The highest BCUT2D eigenvalue weighted by molar-refractivity contribution is 7.07. The lowest BCUT2D eigenvalue weighted by molar-refractivity contribution is 0.175. The first-order valence-electron chi connectivity index (χ1n) is 7.39. The van der Waals surface area contributed by atoms with E-state index in [4.69, 9.17) is 5.73 Å². The van der Waals surface area contributed by atoms with Gasteiger partial charge in [0.15, 0.2) is 0 Å². The number of nitrogens with two attached hydrogens (primary N) is 1. The largest absolute Gasteiger partial charge is 0.327 e. The Morgan fingerprint density at radius 1 is 1.33 bits per heavy atom. The molecular formula is C16H27NS. The van der Waals surface area contributed by atoms with Crippen LogP contribution in [-0.2, 0) is 6.42 Å². The zero-order chi connectivity index (χ0) is 13.0. The molecule has 1 nitrogen and oxygen atoms in total. The van der Waals surface area contributed by atoms with E-state index in [2.05, 4.69) is 30.7 Å². The number of aryl methyl sites for hydroxylation is 1. The van der Waals surface area contributed by atoms with Gasteiger partial charge in [-0.2, -0.15) is 11.3 Å². The van der Waals surface area contributed by atoms with Crippen molar-refractivity contribution in [2.45, 2.75) is 64.8 Å². The molecule has 2 N–H and O–H groups in total. The molecule has 1 aliphatic carbocycles. The Kier molecular flexibility index (Phi) is 4.85. The van der Waals surface area contributed by atoms with Gasteiger partial charge in [-0.1, -0.05) is 26.7 Å². The fraction of sp³-hybridized carbons (Fsp3) is 0.750. The molecule has 1 unspecified atom stereocenters. The third kappa shape index (κ3) is 3.36. The van der Waals surface area contributed by atoms with Crippen molar-refractivity contribution in [2.24, 2.45) is 17.1 Å². The summed E-state index contributed by atoms with van der Waals surface area (Å²) in [6.07, 6.45) is 9.12. The van der Waals surface area contributed by atoms with Gasteiger partial charge in [0.25, 0.3) is 0 Å². The SMILES string of the molecule is CC(C)CC1(C(N)CCc2ccsc2)CCCC1. The Morgan fingerprint density at radius 2 is 2.06 bits per heavy atom. The molecule has 0 aliphatic heterocycles. The van der Waals surface area contributed by atoms with E-state index in [1.807, 2.05) is 0 Å². The molecule has 0 bridgehead atoms. The molecule has 102 valence electrons. The summed E-state index contributed by atoms with van der Waals surface area (Å²) < 4.78 is 0. The van der Waals surface area contributed by atoms with Gasteiger partial charge in [0.05, 0.1) is 0 Å². The normalized spacial score (nSPS) is 20.4. The van der Waals surface area contributed by atoms with E-state index in [0.29, 0.717) is 11.5 Å². The minimum Gasteiger partial charge on any atom is -0.327 e. The first-order chi connectivity index (χ1) is 8.62. The topological polar surface area (TPSA) is 26.0 Å². The van der Waals surface area contributed by atoms with Crippen molar-refractivity contribution in [3.63, 3.8) is 0 Å². The molecule has 0 spiro atoms. The van der Waals surface area contributed by atoms with Crippen molar-refractivity contribution < 1.29 is 0 Å². The molecule has 1 saturated carbocycles. The van der Waals surface area contributed by atoms with Crippen LogP contribution in [0.3, 0.4) is 0 Å². The molecular weight excluding hydrogens is 238 g/mol. The molecule has 0 amide bonds. The van der Waals surface area contributed by atoms with E-state index >= 15 is 0 Å². The quantitative estimate of drug-likeness (QED) is 0.798. The van der Waals surface area contributed by atoms with E-state index in [9.17, 15) is 0 Å². The average molecular weight is 265 g/mol. The van der Waals surface area contributed by atoms with E-state index < -0.39 is 0 Å². The molecule has 2 rings (SSSR count). The average Bonchev–Trinajstić information content (AvgIpc) is 2.96. The minimum atomic E-state index is 0.391. The maximum Gasteiger partial charge on any atom is 0.00988 e. The van der Waals surface area contributed by atoms with Crippen LogP contribution in [0.4, 0.5) is 0 Å². The molecule has 0 radical (unpaired) electrons. The number of hydrogen-bond donors (Lipinski definition) is 1. The van der Waals surface area contributed by atoms with Gasteiger partial charge in [-0.15, -0.1) is 0 Å². The van der Waals surface area contributed by atoms with Gasteiger partial charge >= 0.3 is 0 Å². The summed E-state index contributed by atoms with van der Waals surface area (Å²) in [7, 11) is 0. The standard InChI is InChI=1S/C16H27NS/c1-13(2)11-16(8-3-4-9-16)15(17)6-5-14-7-10-18-12-14/h7,10,12-13,15H,3-6,8-9,11,17H2,1-2H3. The van der Waals surface area contributed by atoms with Crippen LogP contribution in [0, 0.1) is 11.3 Å². The molecule has 1 aromatic heterocycles. The summed E-state index contributed by atoms with van der Waals surface area (Å²) in [6.45, 7) is 4.68. The Morgan fingerprint density at radius 3 is 2.61 bits per heavy atom. The molecule has 1 fully saturated rings.